The molecular weight excluding hydrogens is 406 g/mol. The summed E-state index contributed by atoms with van der Waals surface area (Å²) in [6.45, 7) is 7.19. The molecule has 0 bridgehead atoms. The Morgan fingerprint density at radius 2 is 1.71 bits per heavy atom. The largest absolute Gasteiger partial charge is 0.497 e. The zero-order valence-corrected chi connectivity index (χ0v) is 19.1. The first-order valence-corrected chi connectivity index (χ1v) is 10.5. The van der Waals surface area contributed by atoms with Crippen LogP contribution in [-0.2, 0) is 19.5 Å². The summed E-state index contributed by atoms with van der Waals surface area (Å²) in [6, 6.07) is 19.3. The van der Waals surface area contributed by atoms with E-state index in [2.05, 4.69) is 65.8 Å². The molecule has 0 unspecified atom stereocenters. The van der Waals surface area contributed by atoms with Gasteiger partial charge in [-0.15, -0.1) is 12.4 Å². The summed E-state index contributed by atoms with van der Waals surface area (Å²) in [5, 5.41) is 0. The fourth-order valence-corrected chi connectivity index (χ4v) is 4.59. The zero-order chi connectivity index (χ0) is 20.7. The summed E-state index contributed by atoms with van der Waals surface area (Å²) < 4.78 is 7.75. The Kier molecular flexibility index (Phi) is 5.92. The molecule has 31 heavy (non-hydrogen) atoms. The van der Waals surface area contributed by atoms with E-state index in [9.17, 15) is 0 Å². The second kappa shape index (κ2) is 8.64. The van der Waals surface area contributed by atoms with E-state index in [-0.39, 0.29) is 12.4 Å². The molecule has 5 rings (SSSR count). The number of nitrogens with zero attached hydrogens (tertiary/aromatic N) is 3. The van der Waals surface area contributed by atoms with Crippen LogP contribution >= 0.6 is 12.4 Å². The number of hydrogen-bond donors (Lipinski definition) is 0. The molecule has 160 valence electrons. The van der Waals surface area contributed by atoms with Crippen LogP contribution in [-0.4, -0.2) is 23.2 Å². The van der Waals surface area contributed by atoms with Crippen molar-refractivity contribution < 1.29 is 4.74 Å². The number of rotatable bonds is 4. The second-order valence-corrected chi connectivity index (χ2v) is 8.11. The van der Waals surface area contributed by atoms with E-state index in [4.69, 9.17) is 9.72 Å². The molecule has 2 aromatic carbocycles. The van der Waals surface area contributed by atoms with E-state index >= 15 is 0 Å². The molecule has 1 aliphatic rings. The summed E-state index contributed by atoms with van der Waals surface area (Å²) in [5.41, 5.74) is 10.3. The van der Waals surface area contributed by atoms with E-state index in [0.29, 0.717) is 0 Å². The van der Waals surface area contributed by atoms with Gasteiger partial charge in [-0.2, -0.15) is 0 Å². The smallest absolute Gasteiger partial charge is 0.118 e. The summed E-state index contributed by atoms with van der Waals surface area (Å²) in [5.74, 6) is 0.887. The first kappa shape index (κ1) is 21.3. The molecule has 0 radical (unpaired) electrons. The van der Waals surface area contributed by atoms with E-state index in [1.54, 1.807) is 7.11 Å². The van der Waals surface area contributed by atoms with Crippen LogP contribution in [0.4, 0.5) is 5.69 Å². The molecule has 0 spiro atoms. The molecule has 0 aliphatic carbocycles. The predicted octanol–water partition coefficient (Wildman–Crippen LogP) is 5.69. The van der Waals surface area contributed by atoms with Gasteiger partial charge in [0.25, 0.3) is 0 Å². The fourth-order valence-electron chi connectivity index (χ4n) is 4.59. The van der Waals surface area contributed by atoms with Crippen molar-refractivity contribution in [2.45, 2.75) is 33.4 Å². The van der Waals surface area contributed by atoms with Crippen LogP contribution in [0.2, 0.25) is 0 Å². The van der Waals surface area contributed by atoms with Crippen LogP contribution in [0.3, 0.4) is 0 Å². The normalized spacial score (nSPS) is 13.1. The number of aryl methyl sites for hydroxylation is 1. The molecule has 0 N–H and O–H groups in total. The molecule has 0 saturated carbocycles. The highest BCUT2D eigenvalue weighted by atomic mass is 35.5. The second-order valence-electron chi connectivity index (χ2n) is 8.11. The van der Waals surface area contributed by atoms with Crippen molar-refractivity contribution in [2.24, 2.45) is 0 Å². The summed E-state index contributed by atoms with van der Waals surface area (Å²) >= 11 is 0. The first-order chi connectivity index (χ1) is 14.7. The summed E-state index contributed by atoms with van der Waals surface area (Å²) in [7, 11) is 1.71. The van der Waals surface area contributed by atoms with Gasteiger partial charge in [0.05, 0.1) is 23.8 Å². The molecule has 0 saturated heterocycles. The van der Waals surface area contributed by atoms with Gasteiger partial charge in [-0.05, 0) is 60.7 Å². The molecule has 0 atom stereocenters. The molecule has 0 fully saturated rings. The van der Waals surface area contributed by atoms with Gasteiger partial charge in [0.15, 0.2) is 0 Å². The molecule has 4 aromatic rings. The maximum Gasteiger partial charge on any atom is 0.118 e. The van der Waals surface area contributed by atoms with Crippen molar-refractivity contribution in [3.8, 4) is 5.75 Å². The number of pyridine rings is 1. The third-order valence-electron chi connectivity index (χ3n) is 6.45. The lowest BCUT2D eigenvalue weighted by molar-refractivity contribution is 0.414. The van der Waals surface area contributed by atoms with Crippen LogP contribution < -0.4 is 9.64 Å². The molecule has 4 nitrogen and oxygen atoms in total. The Bertz CT molecular complexity index is 1210. The minimum atomic E-state index is 0. The number of hydrogen-bond acceptors (Lipinski definition) is 3. The third kappa shape index (κ3) is 3.77. The quantitative estimate of drug-likeness (QED) is 0.414. The number of ether oxygens (including phenoxy) is 1. The molecule has 3 heterocycles. The van der Waals surface area contributed by atoms with Crippen LogP contribution in [0.25, 0.3) is 11.0 Å². The van der Waals surface area contributed by atoms with Crippen LogP contribution in [0.1, 0.15) is 27.9 Å². The molecule has 0 amide bonds. The topological polar surface area (TPSA) is 30.3 Å². The van der Waals surface area contributed by atoms with Crippen LogP contribution in [0.15, 0.2) is 60.8 Å². The van der Waals surface area contributed by atoms with Crippen molar-refractivity contribution in [1.29, 1.82) is 0 Å². The van der Waals surface area contributed by atoms with E-state index in [1.165, 1.54) is 39.2 Å². The number of benzene rings is 2. The average molecular weight is 434 g/mol. The number of anilines is 1. The highest BCUT2D eigenvalue weighted by Gasteiger charge is 2.22. The lowest BCUT2D eigenvalue weighted by atomic mass is 9.99. The minimum absolute atomic E-state index is 0. The Hall–Kier alpha value is -2.98. The predicted molar refractivity (Wildman–Crippen MR) is 130 cm³/mol. The molecule has 5 heteroatoms. The number of aromatic nitrogens is 2. The van der Waals surface area contributed by atoms with Crippen molar-refractivity contribution in [3.63, 3.8) is 0 Å². The van der Waals surface area contributed by atoms with Gasteiger partial charge in [0.1, 0.15) is 5.75 Å². The van der Waals surface area contributed by atoms with Gasteiger partial charge in [-0.3, -0.25) is 4.98 Å². The number of fused-ring (bicyclic) bond motifs is 2. The first-order valence-electron chi connectivity index (χ1n) is 10.5. The lowest BCUT2D eigenvalue weighted by Crippen LogP contribution is -2.30. The third-order valence-corrected chi connectivity index (χ3v) is 6.45. The van der Waals surface area contributed by atoms with Gasteiger partial charge in [-0.1, -0.05) is 36.4 Å². The standard InChI is InChI=1S/C26H27N3O.ClH/c1-18-19(2)29(16-20-8-10-23(30-3)11-9-20)26-24(12-14-27-25(18)26)28-15-13-21-6-4-5-7-22(21)17-28;/h4-12,14H,13,15-17H2,1-3H3;1H. The van der Waals surface area contributed by atoms with E-state index in [1.807, 2.05) is 18.3 Å². The Morgan fingerprint density at radius 1 is 0.968 bits per heavy atom. The zero-order valence-electron chi connectivity index (χ0n) is 18.3. The van der Waals surface area contributed by atoms with E-state index < -0.39 is 0 Å². The summed E-state index contributed by atoms with van der Waals surface area (Å²) in [6.07, 6.45) is 3.04. The van der Waals surface area contributed by atoms with Crippen molar-refractivity contribution in [3.05, 3.63) is 88.7 Å². The minimum Gasteiger partial charge on any atom is -0.497 e. The maximum atomic E-state index is 5.32. The SMILES string of the molecule is COc1ccc(Cn2c(C)c(C)c3nccc(N4CCc5ccccc5C4)c32)cc1.Cl. The molecular formula is C26H28ClN3O. The number of methoxy groups -OCH3 is 1. The highest BCUT2D eigenvalue weighted by Crippen LogP contribution is 2.34. The summed E-state index contributed by atoms with van der Waals surface area (Å²) in [4.78, 5) is 7.27. The fraction of sp³-hybridized carbons (Fsp3) is 0.269. The van der Waals surface area contributed by atoms with Crippen molar-refractivity contribution in [1.82, 2.24) is 9.55 Å². The van der Waals surface area contributed by atoms with Gasteiger partial charge in [0, 0.05) is 31.5 Å². The maximum absolute atomic E-state index is 5.32. The van der Waals surface area contributed by atoms with Crippen LogP contribution in [0, 0.1) is 13.8 Å². The van der Waals surface area contributed by atoms with Gasteiger partial charge < -0.3 is 14.2 Å². The Balaban J connectivity index is 0.00000231. The van der Waals surface area contributed by atoms with E-state index in [0.717, 1.165) is 37.3 Å². The van der Waals surface area contributed by atoms with Crippen molar-refractivity contribution in [2.75, 3.05) is 18.6 Å². The molecule has 1 aliphatic heterocycles. The van der Waals surface area contributed by atoms with Gasteiger partial charge in [-0.25, -0.2) is 0 Å². The van der Waals surface area contributed by atoms with Crippen molar-refractivity contribution >= 4 is 29.1 Å². The highest BCUT2D eigenvalue weighted by molar-refractivity contribution is 5.92. The lowest BCUT2D eigenvalue weighted by Gasteiger charge is -2.31. The Labute approximate surface area is 189 Å². The van der Waals surface area contributed by atoms with Crippen LogP contribution in [0.5, 0.6) is 5.75 Å². The Morgan fingerprint density at radius 3 is 2.45 bits per heavy atom. The number of halogens is 1. The average Bonchev–Trinajstić information content (AvgIpc) is 3.04. The van der Waals surface area contributed by atoms with Gasteiger partial charge >= 0.3 is 0 Å². The van der Waals surface area contributed by atoms with Gasteiger partial charge in [0.2, 0.25) is 0 Å². The molecule has 2 aromatic heterocycles. The monoisotopic (exact) mass is 433 g/mol.